The molecular weight excluding hydrogens is 653 g/mol. The van der Waals surface area contributed by atoms with Crippen LogP contribution in [-0.4, -0.2) is 19.5 Å². The summed E-state index contributed by atoms with van der Waals surface area (Å²) in [5.41, 5.74) is 6.27. The minimum atomic E-state index is 0.639. The highest BCUT2D eigenvalue weighted by molar-refractivity contribution is 7.25. The Balaban J connectivity index is 1.18. The normalized spacial score (nSPS) is 11.8. The van der Waals surface area contributed by atoms with Gasteiger partial charge in [0.05, 0.1) is 11.0 Å². The molecule has 0 aliphatic carbocycles. The molecule has 0 unspecified atom stereocenters. The molecule has 0 bridgehead atoms. The SMILES string of the molecule is c1ccc(-n2c3ccccc3c3ccc(-c4nc(-c5ccc6c(c5)sc5ccccc56)nc(-c5cccc6ccc7ccccc7c56)n4)cc32)cc1. The van der Waals surface area contributed by atoms with Crippen molar-refractivity contribution in [2.45, 2.75) is 0 Å². The van der Waals surface area contributed by atoms with Crippen LogP contribution in [0.1, 0.15) is 0 Å². The zero-order chi connectivity index (χ0) is 34.2. The van der Waals surface area contributed by atoms with Gasteiger partial charge in [-0.25, -0.2) is 15.0 Å². The lowest BCUT2D eigenvalue weighted by molar-refractivity contribution is 1.08. The third-order valence-corrected chi connectivity index (χ3v) is 11.4. The lowest BCUT2D eigenvalue weighted by atomic mass is 9.97. The number of hydrogen-bond donors (Lipinski definition) is 0. The van der Waals surface area contributed by atoms with Crippen molar-refractivity contribution in [3.05, 3.63) is 170 Å². The molecule has 0 aliphatic heterocycles. The fraction of sp³-hybridized carbons (Fsp3) is 0. The summed E-state index contributed by atoms with van der Waals surface area (Å²) in [7, 11) is 0. The van der Waals surface area contributed by atoms with E-state index in [9.17, 15) is 0 Å². The molecule has 52 heavy (non-hydrogen) atoms. The molecule has 242 valence electrons. The molecule has 8 aromatic carbocycles. The van der Waals surface area contributed by atoms with E-state index in [1.54, 1.807) is 11.3 Å². The predicted molar refractivity (Wildman–Crippen MR) is 218 cm³/mol. The van der Waals surface area contributed by atoms with Gasteiger partial charge in [-0.05, 0) is 52.6 Å². The van der Waals surface area contributed by atoms with Crippen LogP contribution >= 0.6 is 11.3 Å². The quantitative estimate of drug-likeness (QED) is 0.174. The van der Waals surface area contributed by atoms with Crippen molar-refractivity contribution in [1.82, 2.24) is 19.5 Å². The second-order valence-corrected chi connectivity index (χ2v) is 14.3. The van der Waals surface area contributed by atoms with Crippen LogP contribution in [0.4, 0.5) is 0 Å². The van der Waals surface area contributed by atoms with E-state index in [0.29, 0.717) is 17.5 Å². The molecule has 4 nitrogen and oxygen atoms in total. The summed E-state index contributed by atoms with van der Waals surface area (Å²) in [5.74, 6) is 1.95. The fourth-order valence-electron chi connectivity index (χ4n) is 7.83. The number of para-hydroxylation sites is 2. The van der Waals surface area contributed by atoms with Gasteiger partial charge in [0.15, 0.2) is 17.5 Å². The molecule has 0 radical (unpaired) electrons. The van der Waals surface area contributed by atoms with E-state index >= 15 is 0 Å². The lowest BCUT2D eigenvalue weighted by Crippen LogP contribution is -2.01. The maximum Gasteiger partial charge on any atom is 0.164 e. The molecule has 11 rings (SSSR count). The summed E-state index contributed by atoms with van der Waals surface area (Å²) < 4.78 is 4.83. The van der Waals surface area contributed by atoms with Gasteiger partial charge in [0.25, 0.3) is 0 Å². The molecule has 0 saturated heterocycles. The van der Waals surface area contributed by atoms with E-state index in [0.717, 1.165) is 44.2 Å². The van der Waals surface area contributed by atoms with Crippen LogP contribution < -0.4 is 0 Å². The Morgan fingerprint density at radius 2 is 1.00 bits per heavy atom. The largest absolute Gasteiger partial charge is 0.309 e. The van der Waals surface area contributed by atoms with Gasteiger partial charge in [-0.15, -0.1) is 11.3 Å². The minimum absolute atomic E-state index is 0.639. The van der Waals surface area contributed by atoms with Crippen LogP contribution in [-0.2, 0) is 0 Å². The fourth-order valence-corrected chi connectivity index (χ4v) is 8.98. The van der Waals surface area contributed by atoms with Gasteiger partial charge in [0.2, 0.25) is 0 Å². The Kier molecular flexibility index (Phi) is 6.39. The van der Waals surface area contributed by atoms with Crippen molar-refractivity contribution in [3.8, 4) is 39.9 Å². The lowest BCUT2D eigenvalue weighted by Gasteiger charge is -2.13. The van der Waals surface area contributed by atoms with Crippen molar-refractivity contribution in [3.63, 3.8) is 0 Å². The van der Waals surface area contributed by atoms with E-state index in [-0.39, 0.29) is 0 Å². The molecule has 0 saturated carbocycles. The van der Waals surface area contributed by atoms with Gasteiger partial charge >= 0.3 is 0 Å². The average molecular weight is 681 g/mol. The molecule has 0 N–H and O–H groups in total. The monoisotopic (exact) mass is 680 g/mol. The van der Waals surface area contributed by atoms with E-state index in [1.807, 2.05) is 0 Å². The number of thiophene rings is 1. The van der Waals surface area contributed by atoms with Gasteiger partial charge in [0, 0.05) is 58.7 Å². The highest BCUT2D eigenvalue weighted by Gasteiger charge is 2.19. The van der Waals surface area contributed by atoms with Crippen LogP contribution in [0, 0.1) is 0 Å². The first-order valence-electron chi connectivity index (χ1n) is 17.4. The van der Waals surface area contributed by atoms with Crippen molar-refractivity contribution >= 4 is 74.9 Å². The second-order valence-electron chi connectivity index (χ2n) is 13.2. The summed E-state index contributed by atoms with van der Waals surface area (Å²) in [5, 5.41) is 9.58. The number of benzene rings is 8. The zero-order valence-electron chi connectivity index (χ0n) is 27.9. The highest BCUT2D eigenvalue weighted by atomic mass is 32.1. The Bertz CT molecular complexity index is 3190. The summed E-state index contributed by atoms with van der Waals surface area (Å²) >= 11 is 1.80. The molecule has 5 heteroatoms. The minimum Gasteiger partial charge on any atom is -0.309 e. The Hall–Kier alpha value is -6.69. The van der Waals surface area contributed by atoms with Crippen molar-refractivity contribution in [2.24, 2.45) is 0 Å². The van der Waals surface area contributed by atoms with Gasteiger partial charge < -0.3 is 4.57 Å². The van der Waals surface area contributed by atoms with E-state index in [4.69, 9.17) is 15.0 Å². The average Bonchev–Trinajstić information content (AvgIpc) is 3.75. The van der Waals surface area contributed by atoms with Crippen molar-refractivity contribution in [1.29, 1.82) is 0 Å². The van der Waals surface area contributed by atoms with E-state index < -0.39 is 0 Å². The Labute approximate surface area is 302 Å². The van der Waals surface area contributed by atoms with Crippen LogP contribution in [0.5, 0.6) is 0 Å². The highest BCUT2D eigenvalue weighted by Crippen LogP contribution is 2.39. The summed E-state index contributed by atoms with van der Waals surface area (Å²) in [4.78, 5) is 15.8. The van der Waals surface area contributed by atoms with Crippen LogP contribution in [0.3, 0.4) is 0 Å². The van der Waals surface area contributed by atoms with Crippen LogP contribution in [0.2, 0.25) is 0 Å². The van der Waals surface area contributed by atoms with Crippen molar-refractivity contribution in [2.75, 3.05) is 0 Å². The molecule has 0 atom stereocenters. The van der Waals surface area contributed by atoms with Crippen LogP contribution in [0.15, 0.2) is 170 Å². The smallest absolute Gasteiger partial charge is 0.164 e. The van der Waals surface area contributed by atoms with Gasteiger partial charge in [0.1, 0.15) is 0 Å². The summed E-state index contributed by atoms with van der Waals surface area (Å²) in [6.45, 7) is 0. The summed E-state index contributed by atoms with van der Waals surface area (Å²) in [6.07, 6.45) is 0. The Morgan fingerprint density at radius 3 is 1.87 bits per heavy atom. The third kappa shape index (κ3) is 4.50. The third-order valence-electron chi connectivity index (χ3n) is 10.2. The number of rotatable bonds is 4. The molecule has 0 amide bonds. The summed E-state index contributed by atoms with van der Waals surface area (Å²) in [6, 6.07) is 60.3. The number of hydrogen-bond acceptors (Lipinski definition) is 4. The first-order valence-corrected chi connectivity index (χ1v) is 18.3. The topological polar surface area (TPSA) is 43.6 Å². The maximum absolute atomic E-state index is 5.29. The van der Waals surface area contributed by atoms with E-state index in [2.05, 4.69) is 174 Å². The molecule has 0 spiro atoms. The van der Waals surface area contributed by atoms with E-state index in [1.165, 1.54) is 41.7 Å². The first-order chi connectivity index (χ1) is 25.8. The van der Waals surface area contributed by atoms with Crippen LogP contribution in [0.25, 0.3) is 103 Å². The van der Waals surface area contributed by atoms with Gasteiger partial charge in [-0.1, -0.05) is 133 Å². The number of fused-ring (bicyclic) bond motifs is 9. The maximum atomic E-state index is 5.29. The van der Waals surface area contributed by atoms with Crippen molar-refractivity contribution < 1.29 is 0 Å². The van der Waals surface area contributed by atoms with Gasteiger partial charge in [-0.3, -0.25) is 0 Å². The number of aromatic nitrogens is 4. The molecule has 11 aromatic rings. The molecule has 0 aliphatic rings. The molecule has 0 fully saturated rings. The molecule has 3 heterocycles. The second kappa shape index (κ2) is 11.4. The standard InChI is InChI=1S/C47H28N4S/c1-2-13-33(14-3-1)51-40-19-8-6-16-35(40)36-25-23-31(27-41(36)51)45-48-46(32-24-26-38-37-17-7-9-20-42(37)52-43(38)28-32)50-47(49-45)39-18-10-12-30-22-21-29-11-4-5-15-34(29)44(30)39/h1-28H. The zero-order valence-corrected chi connectivity index (χ0v) is 28.7. The van der Waals surface area contributed by atoms with Gasteiger partial charge in [-0.2, -0.15) is 0 Å². The first kappa shape index (κ1) is 29.1. The predicted octanol–water partition coefficient (Wildman–Crippen LogP) is 12.6. The number of nitrogens with zero attached hydrogens (tertiary/aromatic N) is 4. The molecule has 3 aromatic heterocycles. The molecular formula is C47H28N4S. The Morgan fingerprint density at radius 1 is 0.385 bits per heavy atom.